The third-order valence-corrected chi connectivity index (χ3v) is 5.99. The maximum absolute atomic E-state index is 12.4. The van der Waals surface area contributed by atoms with Crippen LogP contribution in [0.3, 0.4) is 0 Å². The number of terminal acetylenes is 1. The van der Waals surface area contributed by atoms with Gasteiger partial charge in [-0.3, -0.25) is 4.79 Å². The van der Waals surface area contributed by atoms with Crippen molar-refractivity contribution in [2.45, 2.75) is 113 Å². The van der Waals surface area contributed by atoms with Crippen molar-refractivity contribution < 1.29 is 44.2 Å². The van der Waals surface area contributed by atoms with Crippen LogP contribution in [0.4, 0.5) is 4.79 Å². The monoisotopic (exact) mass is 516 g/mol. The molecule has 2 amide bonds. The molecular weight excluding hydrogens is 476 g/mol. The predicted molar refractivity (Wildman–Crippen MR) is 127 cm³/mol. The van der Waals surface area contributed by atoms with Crippen LogP contribution in [0.2, 0.25) is 0 Å². The van der Waals surface area contributed by atoms with Crippen LogP contribution >= 0.6 is 0 Å². The molecule has 0 spiro atoms. The second-order valence-corrected chi connectivity index (χ2v) is 10.2. The summed E-state index contributed by atoms with van der Waals surface area (Å²) in [5.41, 5.74) is 11.0. The molecule has 1 saturated carbocycles. The summed E-state index contributed by atoms with van der Waals surface area (Å²) in [5, 5.41) is 47.2. The Morgan fingerprint density at radius 3 is 2.36 bits per heavy atom. The normalized spacial score (nSPS) is 37.0. The van der Waals surface area contributed by atoms with Crippen molar-refractivity contribution in [3.63, 3.8) is 0 Å². The summed E-state index contributed by atoms with van der Waals surface area (Å²) in [4.78, 5) is 24.5. The zero-order valence-corrected chi connectivity index (χ0v) is 20.9. The highest BCUT2D eigenvalue weighted by molar-refractivity contribution is 5.75. The van der Waals surface area contributed by atoms with Gasteiger partial charge in [0.2, 0.25) is 5.91 Å². The van der Waals surface area contributed by atoms with Gasteiger partial charge in [0, 0.05) is 31.5 Å². The molecule has 1 heterocycles. The first kappa shape index (κ1) is 30.2. The van der Waals surface area contributed by atoms with Crippen molar-refractivity contribution >= 4 is 12.0 Å². The Morgan fingerprint density at radius 2 is 1.75 bits per heavy atom. The minimum Gasteiger partial charge on any atom is -0.444 e. The van der Waals surface area contributed by atoms with Crippen LogP contribution in [0.1, 0.15) is 46.5 Å². The van der Waals surface area contributed by atoms with Crippen molar-refractivity contribution in [3.8, 4) is 12.3 Å². The van der Waals surface area contributed by atoms with Gasteiger partial charge in [-0.25, -0.2) is 4.79 Å². The van der Waals surface area contributed by atoms with Gasteiger partial charge in [-0.15, -0.1) is 12.3 Å². The zero-order chi connectivity index (χ0) is 27.2. The Kier molecular flexibility index (Phi) is 10.9. The van der Waals surface area contributed by atoms with E-state index >= 15 is 0 Å². The minimum absolute atomic E-state index is 0.127. The van der Waals surface area contributed by atoms with E-state index in [2.05, 4.69) is 16.6 Å². The number of unbranched alkanes of at least 4 members (excludes halogenated alkanes) is 1. The van der Waals surface area contributed by atoms with Crippen molar-refractivity contribution in [2.24, 2.45) is 11.5 Å². The maximum atomic E-state index is 12.4. The third-order valence-electron chi connectivity index (χ3n) is 5.99. The quantitative estimate of drug-likeness (QED) is 0.124. The van der Waals surface area contributed by atoms with Gasteiger partial charge in [-0.2, -0.15) is 0 Å². The highest BCUT2D eigenvalue weighted by Gasteiger charge is 2.50. The van der Waals surface area contributed by atoms with Gasteiger partial charge in [-0.05, 0) is 33.6 Å². The van der Waals surface area contributed by atoms with E-state index in [4.69, 9.17) is 32.1 Å². The first-order valence-electron chi connectivity index (χ1n) is 12.0. The second kappa shape index (κ2) is 13.0. The lowest BCUT2D eigenvalue weighted by molar-refractivity contribution is -0.292. The van der Waals surface area contributed by atoms with E-state index in [1.54, 1.807) is 20.8 Å². The van der Waals surface area contributed by atoms with Crippen molar-refractivity contribution in [3.05, 3.63) is 0 Å². The lowest BCUT2D eigenvalue weighted by Gasteiger charge is -2.46. The number of carbonyl (C=O) groups excluding carboxylic acids is 2. The third kappa shape index (κ3) is 8.25. The smallest absolute Gasteiger partial charge is 0.408 e. The summed E-state index contributed by atoms with van der Waals surface area (Å²) in [7, 11) is 0. The molecule has 36 heavy (non-hydrogen) atoms. The standard InChI is InChI=1S/C23H40N4O9/c1-5-6-7-8-14(28)26-10-13-17(30)18(31)15(27-22(33)36-23(2,3)4)21(34-13)35-20-12(25)9-11(24)16(29)19(20)32/h1,11-13,15-21,29-32H,6-10,24-25H2,2-4H3,(H,26,28)(H,27,33)/t11-,12?,13?,15?,16?,17-,18-,19-,20-,21-/m1/s1. The number of aliphatic hydroxyl groups excluding tert-OH is 4. The topological polar surface area (TPSA) is 219 Å². The number of nitrogens with two attached hydrogens (primary N) is 2. The highest BCUT2D eigenvalue weighted by atomic mass is 16.7. The molecule has 0 bridgehead atoms. The number of carbonyl (C=O) groups is 2. The predicted octanol–water partition coefficient (Wildman–Crippen LogP) is -2.59. The van der Waals surface area contributed by atoms with Crippen LogP contribution in [0.5, 0.6) is 0 Å². The number of hydrogen-bond acceptors (Lipinski definition) is 11. The first-order valence-corrected chi connectivity index (χ1v) is 12.0. The Labute approximate surface area is 210 Å². The highest BCUT2D eigenvalue weighted by Crippen LogP contribution is 2.28. The van der Waals surface area contributed by atoms with Gasteiger partial charge in [-0.1, -0.05) is 0 Å². The van der Waals surface area contributed by atoms with Gasteiger partial charge in [0.25, 0.3) is 0 Å². The summed E-state index contributed by atoms with van der Waals surface area (Å²) in [5.74, 6) is 2.11. The SMILES string of the molecule is C#CCCCC(=O)NCC1O[C@H](O[C@@H]2C(N)C[C@@H](N)C(O)[C@H]2O)C(NC(=O)OC(C)(C)C)[C@@H](O)[C@@H]1O. The Balaban J connectivity index is 2.18. The fraction of sp³-hybridized carbons (Fsp3) is 0.826. The van der Waals surface area contributed by atoms with E-state index in [9.17, 15) is 30.0 Å². The molecule has 4 unspecified atom stereocenters. The van der Waals surface area contributed by atoms with E-state index < -0.39 is 72.7 Å². The van der Waals surface area contributed by atoms with Crippen LogP contribution in [0.25, 0.3) is 0 Å². The van der Waals surface area contributed by atoms with E-state index in [0.717, 1.165) is 0 Å². The molecule has 0 radical (unpaired) electrons. The largest absolute Gasteiger partial charge is 0.444 e. The molecule has 0 aromatic carbocycles. The maximum Gasteiger partial charge on any atom is 0.408 e. The van der Waals surface area contributed by atoms with Crippen LogP contribution in [0, 0.1) is 12.3 Å². The van der Waals surface area contributed by atoms with E-state index in [0.29, 0.717) is 12.8 Å². The molecular formula is C23H40N4O9. The molecule has 10 N–H and O–H groups in total. The summed E-state index contributed by atoms with van der Waals surface area (Å²) in [6.07, 6.45) is -4.21. The minimum atomic E-state index is -1.61. The van der Waals surface area contributed by atoms with Crippen molar-refractivity contribution in [2.75, 3.05) is 6.54 Å². The number of ether oxygens (including phenoxy) is 3. The van der Waals surface area contributed by atoms with E-state index in [1.165, 1.54) is 0 Å². The fourth-order valence-electron chi connectivity index (χ4n) is 4.09. The van der Waals surface area contributed by atoms with Gasteiger partial charge >= 0.3 is 6.09 Å². The van der Waals surface area contributed by atoms with Gasteiger partial charge in [0.15, 0.2) is 6.29 Å². The molecule has 2 rings (SSSR count). The molecule has 10 atom stereocenters. The molecule has 13 nitrogen and oxygen atoms in total. The number of hydrogen-bond donors (Lipinski definition) is 8. The van der Waals surface area contributed by atoms with Crippen LogP contribution < -0.4 is 22.1 Å². The molecule has 206 valence electrons. The molecule has 1 aliphatic carbocycles. The summed E-state index contributed by atoms with van der Waals surface area (Å²) >= 11 is 0. The first-order chi connectivity index (χ1) is 16.7. The Bertz CT molecular complexity index is 787. The van der Waals surface area contributed by atoms with Crippen LogP contribution in [-0.2, 0) is 19.0 Å². The number of aliphatic hydroxyl groups is 4. The molecule has 0 aromatic rings. The zero-order valence-electron chi connectivity index (χ0n) is 20.9. The van der Waals surface area contributed by atoms with Gasteiger partial charge in [0.1, 0.15) is 42.2 Å². The fourth-order valence-corrected chi connectivity index (χ4v) is 4.09. The Hall–Kier alpha value is -2.02. The average molecular weight is 517 g/mol. The number of rotatable bonds is 8. The van der Waals surface area contributed by atoms with Gasteiger partial charge < -0.3 is 56.7 Å². The molecule has 1 saturated heterocycles. The molecule has 2 aliphatic rings. The Morgan fingerprint density at radius 1 is 1.08 bits per heavy atom. The van der Waals surface area contributed by atoms with E-state index in [1.807, 2.05) is 0 Å². The van der Waals surface area contributed by atoms with Crippen molar-refractivity contribution in [1.29, 1.82) is 0 Å². The number of nitrogens with one attached hydrogen (secondary N) is 2. The number of alkyl carbamates (subject to hydrolysis) is 1. The van der Waals surface area contributed by atoms with Gasteiger partial charge in [0.05, 0.1) is 6.10 Å². The second-order valence-electron chi connectivity index (χ2n) is 10.2. The lowest BCUT2D eigenvalue weighted by Crippen LogP contribution is -2.69. The molecule has 13 heteroatoms. The molecule has 0 aromatic heterocycles. The van der Waals surface area contributed by atoms with E-state index in [-0.39, 0.29) is 25.3 Å². The average Bonchev–Trinajstić information content (AvgIpc) is 2.77. The number of amides is 2. The van der Waals surface area contributed by atoms with Crippen LogP contribution in [-0.4, -0.2) is 106 Å². The molecule has 1 aliphatic heterocycles. The summed E-state index contributed by atoms with van der Waals surface area (Å²) in [6.45, 7) is 4.76. The molecule has 2 fully saturated rings. The lowest BCUT2D eigenvalue weighted by atomic mass is 9.84. The summed E-state index contributed by atoms with van der Waals surface area (Å²) < 4.78 is 16.9. The summed E-state index contributed by atoms with van der Waals surface area (Å²) in [6, 6.07) is -2.92. The van der Waals surface area contributed by atoms with Crippen molar-refractivity contribution in [1.82, 2.24) is 10.6 Å². The van der Waals surface area contributed by atoms with Crippen LogP contribution in [0.15, 0.2) is 0 Å².